The van der Waals surface area contributed by atoms with Crippen LogP contribution in [0.4, 0.5) is 4.39 Å². The normalized spacial score (nSPS) is 21.4. The van der Waals surface area contributed by atoms with E-state index in [2.05, 4.69) is 0 Å². The Morgan fingerprint density at radius 2 is 1.86 bits per heavy atom. The number of aliphatic hydroxyl groups excluding tert-OH is 1. The van der Waals surface area contributed by atoms with Gasteiger partial charge in [-0.1, -0.05) is 13.8 Å². The Kier molecular flexibility index (Phi) is 3.86. The zero-order valence-electron chi connectivity index (χ0n) is 8.74. The molecule has 1 amide bonds. The van der Waals surface area contributed by atoms with Gasteiger partial charge < -0.3 is 10.0 Å². The van der Waals surface area contributed by atoms with Crippen LogP contribution in [0, 0.1) is 5.92 Å². The van der Waals surface area contributed by atoms with Gasteiger partial charge in [-0.15, -0.1) is 0 Å². The number of halogens is 1. The lowest BCUT2D eigenvalue weighted by molar-refractivity contribution is -0.140. The molecule has 0 spiro atoms. The summed E-state index contributed by atoms with van der Waals surface area (Å²) in [6, 6.07) is 0. The first-order chi connectivity index (χ1) is 6.54. The minimum absolute atomic E-state index is 0.225. The fraction of sp³-hybridized carbons (Fsp3) is 0.900. The number of carbonyl (C=O) groups is 1. The zero-order chi connectivity index (χ0) is 10.7. The van der Waals surface area contributed by atoms with E-state index in [1.807, 2.05) is 0 Å². The molecular formula is C10H18FNO2. The quantitative estimate of drug-likeness (QED) is 0.742. The second-order valence-corrected chi connectivity index (χ2v) is 4.17. The van der Waals surface area contributed by atoms with Crippen LogP contribution in [-0.2, 0) is 4.79 Å². The van der Waals surface area contributed by atoms with Crippen molar-refractivity contribution in [3.8, 4) is 0 Å². The van der Waals surface area contributed by atoms with E-state index < -0.39 is 18.2 Å². The smallest absolute Gasteiger partial charge is 0.259 e. The summed E-state index contributed by atoms with van der Waals surface area (Å²) in [5, 5.41) is 9.40. The standard InChI is InChI=1S/C10H18FNO2/c1-7(2)9(13)8(11)10(14)12-5-3-4-6-12/h7-9,13H,3-6H2,1-2H3/t8-,9+/m1/s1. The van der Waals surface area contributed by atoms with Crippen molar-refractivity contribution in [3.63, 3.8) is 0 Å². The first kappa shape index (κ1) is 11.4. The third-order valence-electron chi connectivity index (χ3n) is 2.64. The number of amides is 1. The van der Waals surface area contributed by atoms with Gasteiger partial charge in [0.15, 0.2) is 0 Å². The molecule has 14 heavy (non-hydrogen) atoms. The lowest BCUT2D eigenvalue weighted by Crippen LogP contribution is -2.43. The number of nitrogens with zero attached hydrogens (tertiary/aromatic N) is 1. The molecule has 0 bridgehead atoms. The fourth-order valence-electron chi connectivity index (χ4n) is 1.60. The Morgan fingerprint density at radius 1 is 1.36 bits per heavy atom. The molecule has 0 radical (unpaired) electrons. The highest BCUT2D eigenvalue weighted by Crippen LogP contribution is 2.16. The van der Waals surface area contributed by atoms with Crippen molar-refractivity contribution in [2.24, 2.45) is 5.92 Å². The Balaban J connectivity index is 2.50. The highest BCUT2D eigenvalue weighted by molar-refractivity contribution is 5.81. The summed E-state index contributed by atoms with van der Waals surface area (Å²) in [6.07, 6.45) is -1.05. The second-order valence-electron chi connectivity index (χ2n) is 4.17. The Hall–Kier alpha value is -0.640. The number of likely N-dealkylation sites (tertiary alicyclic amines) is 1. The highest BCUT2D eigenvalue weighted by atomic mass is 19.1. The number of aliphatic hydroxyl groups is 1. The molecule has 1 saturated heterocycles. The van der Waals surface area contributed by atoms with Gasteiger partial charge in [0.05, 0.1) is 6.10 Å². The molecule has 1 N–H and O–H groups in total. The maximum absolute atomic E-state index is 13.5. The van der Waals surface area contributed by atoms with Crippen molar-refractivity contribution >= 4 is 5.91 Å². The molecule has 0 aromatic rings. The molecular weight excluding hydrogens is 185 g/mol. The molecule has 1 fully saturated rings. The lowest BCUT2D eigenvalue weighted by atomic mass is 10.0. The van der Waals surface area contributed by atoms with Crippen molar-refractivity contribution in [2.45, 2.75) is 39.0 Å². The topological polar surface area (TPSA) is 40.5 Å². The number of hydrogen-bond donors (Lipinski definition) is 1. The fourth-order valence-corrected chi connectivity index (χ4v) is 1.60. The molecule has 0 aromatic carbocycles. The third-order valence-corrected chi connectivity index (χ3v) is 2.64. The summed E-state index contributed by atoms with van der Waals surface area (Å²) >= 11 is 0. The molecule has 3 nitrogen and oxygen atoms in total. The first-order valence-corrected chi connectivity index (χ1v) is 5.15. The van der Waals surface area contributed by atoms with Crippen LogP contribution in [-0.4, -0.2) is 41.3 Å². The Labute approximate surface area is 83.9 Å². The molecule has 82 valence electrons. The summed E-state index contributed by atoms with van der Waals surface area (Å²) < 4.78 is 13.5. The SMILES string of the molecule is CC(C)[C@H](O)[C@@H](F)C(=O)N1CCCC1. The van der Waals surface area contributed by atoms with E-state index in [0.29, 0.717) is 13.1 Å². The van der Waals surface area contributed by atoms with E-state index >= 15 is 0 Å². The van der Waals surface area contributed by atoms with Crippen molar-refractivity contribution in [2.75, 3.05) is 13.1 Å². The maximum atomic E-state index is 13.5. The van der Waals surface area contributed by atoms with Gasteiger partial charge in [-0.3, -0.25) is 4.79 Å². The van der Waals surface area contributed by atoms with E-state index in [-0.39, 0.29) is 5.92 Å². The zero-order valence-corrected chi connectivity index (χ0v) is 8.74. The summed E-state index contributed by atoms with van der Waals surface area (Å²) in [7, 11) is 0. The maximum Gasteiger partial charge on any atom is 0.259 e. The van der Waals surface area contributed by atoms with Crippen molar-refractivity contribution < 1.29 is 14.3 Å². The summed E-state index contributed by atoms with van der Waals surface area (Å²) in [5.41, 5.74) is 0. The molecule has 0 unspecified atom stereocenters. The summed E-state index contributed by atoms with van der Waals surface area (Å²) in [4.78, 5) is 13.0. The van der Waals surface area contributed by atoms with Crippen molar-refractivity contribution in [1.82, 2.24) is 4.90 Å². The van der Waals surface area contributed by atoms with E-state index in [1.54, 1.807) is 13.8 Å². The average Bonchev–Trinajstić information content (AvgIpc) is 2.67. The van der Waals surface area contributed by atoms with Crippen LogP contribution < -0.4 is 0 Å². The van der Waals surface area contributed by atoms with Crippen molar-refractivity contribution in [3.05, 3.63) is 0 Å². The van der Waals surface area contributed by atoms with Gasteiger partial charge in [0, 0.05) is 13.1 Å². The van der Waals surface area contributed by atoms with Crippen molar-refractivity contribution in [1.29, 1.82) is 0 Å². The van der Waals surface area contributed by atoms with Gasteiger partial charge in [-0.25, -0.2) is 4.39 Å². The van der Waals surface area contributed by atoms with Gasteiger partial charge in [-0.05, 0) is 18.8 Å². The van der Waals surface area contributed by atoms with E-state index in [1.165, 1.54) is 4.90 Å². The molecule has 0 saturated carbocycles. The lowest BCUT2D eigenvalue weighted by Gasteiger charge is -2.23. The summed E-state index contributed by atoms with van der Waals surface area (Å²) in [5.74, 6) is -0.778. The minimum Gasteiger partial charge on any atom is -0.389 e. The minimum atomic E-state index is -1.76. The molecule has 1 aliphatic rings. The number of carbonyl (C=O) groups excluding carboxylic acids is 1. The number of hydrogen-bond acceptors (Lipinski definition) is 2. The molecule has 1 heterocycles. The van der Waals surface area contributed by atoms with Gasteiger partial charge in [0.1, 0.15) is 0 Å². The van der Waals surface area contributed by atoms with Crippen LogP contribution in [0.1, 0.15) is 26.7 Å². The third kappa shape index (κ3) is 2.44. The van der Waals surface area contributed by atoms with Gasteiger partial charge >= 0.3 is 0 Å². The largest absolute Gasteiger partial charge is 0.389 e. The first-order valence-electron chi connectivity index (χ1n) is 5.15. The number of alkyl halides is 1. The van der Waals surface area contributed by atoms with Crippen LogP contribution in [0.2, 0.25) is 0 Å². The molecule has 4 heteroatoms. The molecule has 1 rings (SSSR count). The Bertz CT molecular complexity index is 202. The highest BCUT2D eigenvalue weighted by Gasteiger charge is 2.33. The number of rotatable bonds is 3. The van der Waals surface area contributed by atoms with Gasteiger partial charge in [-0.2, -0.15) is 0 Å². The van der Waals surface area contributed by atoms with Crippen LogP contribution >= 0.6 is 0 Å². The summed E-state index contributed by atoms with van der Waals surface area (Å²) in [6.45, 7) is 4.66. The average molecular weight is 203 g/mol. The van der Waals surface area contributed by atoms with E-state index in [0.717, 1.165) is 12.8 Å². The van der Waals surface area contributed by atoms with Crippen LogP contribution in [0.3, 0.4) is 0 Å². The van der Waals surface area contributed by atoms with Crippen LogP contribution in [0.5, 0.6) is 0 Å². The van der Waals surface area contributed by atoms with Gasteiger partial charge in [0.25, 0.3) is 5.91 Å². The molecule has 0 aromatic heterocycles. The van der Waals surface area contributed by atoms with E-state index in [4.69, 9.17) is 0 Å². The van der Waals surface area contributed by atoms with Crippen LogP contribution in [0.15, 0.2) is 0 Å². The predicted molar refractivity (Wildman–Crippen MR) is 51.6 cm³/mol. The monoisotopic (exact) mass is 203 g/mol. The molecule has 1 aliphatic heterocycles. The van der Waals surface area contributed by atoms with Gasteiger partial charge in [0.2, 0.25) is 6.17 Å². The Morgan fingerprint density at radius 3 is 2.29 bits per heavy atom. The predicted octanol–water partition coefficient (Wildman–Crippen LogP) is 0.964. The molecule has 0 aliphatic carbocycles. The molecule has 2 atom stereocenters. The second kappa shape index (κ2) is 4.73. The van der Waals surface area contributed by atoms with Crippen LogP contribution in [0.25, 0.3) is 0 Å². The van der Waals surface area contributed by atoms with E-state index in [9.17, 15) is 14.3 Å².